The molecule has 16 heavy (non-hydrogen) atoms. The van der Waals surface area contributed by atoms with Crippen LogP contribution in [0.5, 0.6) is 0 Å². The summed E-state index contributed by atoms with van der Waals surface area (Å²) in [5.74, 6) is -3.29. The Balaban J connectivity index is 2.20. The van der Waals surface area contributed by atoms with Gasteiger partial charge in [0.05, 0.1) is 29.4 Å². The van der Waals surface area contributed by atoms with E-state index in [0.717, 1.165) is 4.90 Å². The molecule has 6 heteroatoms. The largest absolute Gasteiger partial charge is 0.398 e. The van der Waals surface area contributed by atoms with Crippen LogP contribution in [0, 0.1) is 0 Å². The molecule has 0 bridgehead atoms. The molecule has 1 aliphatic rings. The average Bonchev–Trinajstić information content (AvgIpc) is 2.17. The molecule has 2 rings (SSSR count). The monoisotopic (exact) mass is 246 g/mol. The Labute approximate surface area is 95.8 Å². The van der Waals surface area contributed by atoms with Crippen LogP contribution in [0.2, 0.25) is 5.02 Å². The maximum Gasteiger partial charge on any atom is 0.282 e. The third-order valence-corrected chi connectivity index (χ3v) is 2.81. The summed E-state index contributed by atoms with van der Waals surface area (Å²) in [4.78, 5) is 12.8. The van der Waals surface area contributed by atoms with Crippen LogP contribution in [-0.2, 0) is 0 Å². The predicted octanol–water partition coefficient (Wildman–Crippen LogP) is 2.01. The zero-order valence-corrected chi connectivity index (χ0v) is 8.97. The fraction of sp³-hybridized carbons (Fsp3) is 0.300. The highest BCUT2D eigenvalue weighted by atomic mass is 35.5. The fourth-order valence-corrected chi connectivity index (χ4v) is 1.75. The molecule has 1 saturated heterocycles. The van der Waals surface area contributed by atoms with E-state index in [2.05, 4.69) is 0 Å². The first kappa shape index (κ1) is 11.1. The summed E-state index contributed by atoms with van der Waals surface area (Å²) in [5.41, 5.74) is 5.95. The van der Waals surface area contributed by atoms with E-state index in [1.54, 1.807) is 12.1 Å². The number of alkyl halides is 2. The third kappa shape index (κ3) is 1.82. The number of nitrogens with zero attached hydrogens (tertiary/aromatic N) is 1. The Morgan fingerprint density at radius 3 is 2.62 bits per heavy atom. The number of amides is 1. The second-order valence-electron chi connectivity index (χ2n) is 3.73. The predicted molar refractivity (Wildman–Crippen MR) is 56.7 cm³/mol. The van der Waals surface area contributed by atoms with Crippen LogP contribution in [0.4, 0.5) is 14.5 Å². The Morgan fingerprint density at radius 1 is 1.44 bits per heavy atom. The van der Waals surface area contributed by atoms with Crippen LogP contribution in [0.25, 0.3) is 0 Å². The highest BCUT2D eigenvalue weighted by Gasteiger charge is 2.46. The van der Waals surface area contributed by atoms with Crippen molar-refractivity contribution in [1.29, 1.82) is 0 Å². The molecule has 0 radical (unpaired) electrons. The van der Waals surface area contributed by atoms with Crippen molar-refractivity contribution in [3.63, 3.8) is 0 Å². The lowest BCUT2D eigenvalue weighted by molar-refractivity contribution is -0.113. The van der Waals surface area contributed by atoms with E-state index in [1.165, 1.54) is 6.07 Å². The van der Waals surface area contributed by atoms with E-state index in [1.807, 2.05) is 0 Å². The normalized spacial score (nSPS) is 18.1. The zero-order valence-electron chi connectivity index (χ0n) is 8.21. The molecule has 0 spiro atoms. The topological polar surface area (TPSA) is 46.3 Å². The summed E-state index contributed by atoms with van der Waals surface area (Å²) >= 11 is 5.82. The molecule has 1 fully saturated rings. The first-order valence-corrected chi connectivity index (χ1v) is 4.99. The summed E-state index contributed by atoms with van der Waals surface area (Å²) in [6.45, 7) is -1.12. The van der Waals surface area contributed by atoms with E-state index in [0.29, 0.717) is 0 Å². The molecule has 1 heterocycles. The lowest BCUT2D eigenvalue weighted by Gasteiger charge is -2.38. The fourth-order valence-electron chi connectivity index (χ4n) is 1.54. The molecule has 0 aromatic heterocycles. The molecule has 86 valence electrons. The summed E-state index contributed by atoms with van der Waals surface area (Å²) in [6, 6.07) is 4.58. The molecule has 1 aliphatic heterocycles. The van der Waals surface area contributed by atoms with Gasteiger partial charge in [-0.25, -0.2) is 8.78 Å². The van der Waals surface area contributed by atoms with Crippen LogP contribution >= 0.6 is 11.6 Å². The molecule has 1 aromatic rings. The summed E-state index contributed by atoms with van der Waals surface area (Å²) < 4.78 is 25.2. The molecule has 3 nitrogen and oxygen atoms in total. The van der Waals surface area contributed by atoms with Gasteiger partial charge in [0, 0.05) is 0 Å². The summed E-state index contributed by atoms with van der Waals surface area (Å²) in [5, 5.41) is 0.114. The molecule has 2 N–H and O–H groups in total. The van der Waals surface area contributed by atoms with Crippen LogP contribution < -0.4 is 5.73 Å². The van der Waals surface area contributed by atoms with E-state index < -0.39 is 24.9 Å². The minimum Gasteiger partial charge on any atom is -0.398 e. The standard InChI is InChI=1S/C10H9ClF2N2O/c11-8-6(2-1-3-7(8)14)9(16)15-4-10(12,13)5-15/h1-3H,4-5,14H2. The highest BCUT2D eigenvalue weighted by Crippen LogP contribution is 2.31. The summed E-state index contributed by atoms with van der Waals surface area (Å²) in [7, 11) is 0. The van der Waals surface area contributed by atoms with Gasteiger partial charge >= 0.3 is 0 Å². The molecule has 0 aliphatic carbocycles. The van der Waals surface area contributed by atoms with Gasteiger partial charge in [0.15, 0.2) is 0 Å². The number of anilines is 1. The number of nitrogens with two attached hydrogens (primary N) is 1. The van der Waals surface area contributed by atoms with Crippen LogP contribution in [0.3, 0.4) is 0 Å². The molecule has 1 aromatic carbocycles. The van der Waals surface area contributed by atoms with Gasteiger partial charge in [-0.3, -0.25) is 4.79 Å². The van der Waals surface area contributed by atoms with Crippen molar-refractivity contribution in [3.05, 3.63) is 28.8 Å². The van der Waals surface area contributed by atoms with Crippen LogP contribution in [0.1, 0.15) is 10.4 Å². The van der Waals surface area contributed by atoms with E-state index >= 15 is 0 Å². The van der Waals surface area contributed by atoms with Gasteiger partial charge in [-0.1, -0.05) is 17.7 Å². The van der Waals surface area contributed by atoms with Crippen molar-refractivity contribution >= 4 is 23.2 Å². The van der Waals surface area contributed by atoms with E-state index in [-0.39, 0.29) is 16.3 Å². The maximum atomic E-state index is 12.6. The Bertz CT molecular complexity index is 442. The number of nitrogen functional groups attached to an aromatic ring is 1. The second-order valence-corrected chi connectivity index (χ2v) is 4.10. The average molecular weight is 247 g/mol. The van der Waals surface area contributed by atoms with Gasteiger partial charge in [0.25, 0.3) is 11.8 Å². The second kappa shape index (κ2) is 3.59. The van der Waals surface area contributed by atoms with E-state index in [9.17, 15) is 13.6 Å². The van der Waals surface area contributed by atoms with Gasteiger partial charge in [-0.05, 0) is 12.1 Å². The quantitative estimate of drug-likeness (QED) is 0.771. The molecular weight excluding hydrogens is 238 g/mol. The number of benzene rings is 1. The third-order valence-electron chi connectivity index (χ3n) is 2.39. The minimum absolute atomic E-state index is 0.114. The van der Waals surface area contributed by atoms with Gasteiger partial charge in [0.1, 0.15) is 0 Å². The van der Waals surface area contributed by atoms with Crippen LogP contribution in [-0.4, -0.2) is 29.8 Å². The number of rotatable bonds is 1. The smallest absolute Gasteiger partial charge is 0.282 e. The molecule has 0 atom stereocenters. The van der Waals surface area contributed by atoms with Gasteiger partial charge in [0.2, 0.25) is 0 Å². The van der Waals surface area contributed by atoms with Crippen molar-refractivity contribution in [2.24, 2.45) is 0 Å². The van der Waals surface area contributed by atoms with Crippen molar-refractivity contribution in [2.45, 2.75) is 5.92 Å². The molecule has 1 amide bonds. The molecular formula is C10H9ClF2N2O. The highest BCUT2D eigenvalue weighted by molar-refractivity contribution is 6.36. The SMILES string of the molecule is Nc1cccc(C(=O)N2CC(F)(F)C2)c1Cl. The van der Waals surface area contributed by atoms with Crippen LogP contribution in [0.15, 0.2) is 18.2 Å². The Kier molecular flexibility index (Phi) is 2.50. The number of halogens is 3. The maximum absolute atomic E-state index is 12.6. The van der Waals surface area contributed by atoms with E-state index in [4.69, 9.17) is 17.3 Å². The van der Waals surface area contributed by atoms with Crippen molar-refractivity contribution in [2.75, 3.05) is 18.8 Å². The van der Waals surface area contributed by atoms with Gasteiger partial charge in [-0.2, -0.15) is 0 Å². The number of hydrogen-bond donors (Lipinski definition) is 1. The number of hydrogen-bond acceptors (Lipinski definition) is 2. The first-order chi connectivity index (χ1) is 7.41. The lowest BCUT2D eigenvalue weighted by Crippen LogP contribution is -2.58. The molecule has 0 unspecified atom stereocenters. The summed E-state index contributed by atoms with van der Waals surface area (Å²) in [6.07, 6.45) is 0. The number of carbonyl (C=O) groups excluding carboxylic acids is 1. The van der Waals surface area contributed by atoms with Gasteiger partial charge < -0.3 is 10.6 Å². The van der Waals surface area contributed by atoms with Crippen molar-refractivity contribution < 1.29 is 13.6 Å². The van der Waals surface area contributed by atoms with Gasteiger partial charge in [-0.15, -0.1) is 0 Å². The minimum atomic E-state index is -2.78. The lowest BCUT2D eigenvalue weighted by atomic mass is 10.1. The first-order valence-electron chi connectivity index (χ1n) is 4.62. The Hall–Kier alpha value is -1.36. The molecule has 0 saturated carbocycles. The number of likely N-dealkylation sites (tertiary alicyclic amines) is 1. The van der Waals surface area contributed by atoms with Crippen molar-refractivity contribution in [1.82, 2.24) is 4.90 Å². The zero-order chi connectivity index (χ0) is 11.9. The number of carbonyl (C=O) groups is 1. The van der Waals surface area contributed by atoms with Crippen molar-refractivity contribution in [3.8, 4) is 0 Å². The Morgan fingerprint density at radius 2 is 2.06 bits per heavy atom.